The third kappa shape index (κ3) is 4.10. The van der Waals surface area contributed by atoms with Crippen molar-refractivity contribution in [2.75, 3.05) is 6.54 Å². The number of ketones is 1. The first kappa shape index (κ1) is 19.7. The molecule has 7 nitrogen and oxygen atoms in total. The molecule has 0 aliphatic carbocycles. The first-order valence-electron chi connectivity index (χ1n) is 8.62. The largest absolute Gasteiger partial charge is 0.327 e. The summed E-state index contributed by atoms with van der Waals surface area (Å²) in [5.41, 5.74) is 0.445. The number of amides is 1. The number of sulfonamides is 1. The second-order valence-electron chi connectivity index (χ2n) is 6.45. The van der Waals surface area contributed by atoms with Crippen molar-refractivity contribution in [2.45, 2.75) is 37.1 Å². The summed E-state index contributed by atoms with van der Waals surface area (Å²) in [7, 11) is -2.06. The van der Waals surface area contributed by atoms with Crippen LogP contribution in [0.5, 0.6) is 0 Å². The minimum absolute atomic E-state index is 0.0777. The first-order chi connectivity index (χ1) is 12.8. The SMILES string of the molecule is CC(=O)c1ccc(S(=O)(=O)N2CCCCC2C(=O)N=c2sccn2C)cc1. The summed E-state index contributed by atoms with van der Waals surface area (Å²) in [6.45, 7) is 1.70. The van der Waals surface area contributed by atoms with Crippen molar-refractivity contribution in [1.82, 2.24) is 8.87 Å². The smallest absolute Gasteiger partial charge is 0.266 e. The van der Waals surface area contributed by atoms with Crippen LogP contribution in [0, 0.1) is 0 Å². The highest BCUT2D eigenvalue weighted by Gasteiger charge is 2.37. The van der Waals surface area contributed by atoms with Crippen LogP contribution in [0.1, 0.15) is 36.5 Å². The summed E-state index contributed by atoms with van der Waals surface area (Å²) in [5.74, 6) is -0.579. The Bertz CT molecular complexity index is 1020. The zero-order chi connectivity index (χ0) is 19.6. The quantitative estimate of drug-likeness (QED) is 0.725. The van der Waals surface area contributed by atoms with Crippen LogP contribution in [-0.4, -0.2) is 41.6 Å². The predicted molar refractivity (Wildman–Crippen MR) is 102 cm³/mol. The number of piperidine rings is 1. The van der Waals surface area contributed by atoms with E-state index in [0.29, 0.717) is 23.2 Å². The number of carbonyl (C=O) groups is 2. The van der Waals surface area contributed by atoms with Crippen molar-refractivity contribution >= 4 is 33.1 Å². The summed E-state index contributed by atoms with van der Waals surface area (Å²) < 4.78 is 29.2. The third-order valence-electron chi connectivity index (χ3n) is 4.57. The molecule has 2 aromatic rings. The van der Waals surface area contributed by atoms with Crippen molar-refractivity contribution < 1.29 is 18.0 Å². The lowest BCUT2D eigenvalue weighted by molar-refractivity contribution is -0.122. The van der Waals surface area contributed by atoms with Gasteiger partial charge in [-0.15, -0.1) is 11.3 Å². The summed E-state index contributed by atoms with van der Waals surface area (Å²) in [5, 5.41) is 1.82. The molecule has 9 heteroatoms. The minimum atomic E-state index is -3.85. The number of Topliss-reactive ketones (excluding diaryl/α,β-unsaturated/α-hetero) is 1. The third-order valence-corrected chi connectivity index (χ3v) is 7.34. The Hall–Kier alpha value is -2.10. The normalized spacial score (nSPS) is 19.2. The molecule has 1 aromatic carbocycles. The molecule has 0 bridgehead atoms. The highest BCUT2D eigenvalue weighted by atomic mass is 32.2. The summed E-state index contributed by atoms with van der Waals surface area (Å²) in [4.78, 5) is 28.9. The highest BCUT2D eigenvalue weighted by Crippen LogP contribution is 2.26. The van der Waals surface area contributed by atoms with E-state index in [1.54, 1.807) is 17.8 Å². The maximum absolute atomic E-state index is 13.1. The summed E-state index contributed by atoms with van der Waals surface area (Å²) >= 11 is 1.33. The number of benzene rings is 1. The maximum Gasteiger partial charge on any atom is 0.266 e. The Balaban J connectivity index is 1.93. The van der Waals surface area contributed by atoms with E-state index >= 15 is 0 Å². The number of hydrogen-bond acceptors (Lipinski definition) is 5. The van der Waals surface area contributed by atoms with Gasteiger partial charge in [0.2, 0.25) is 10.0 Å². The Morgan fingerprint density at radius 1 is 1.19 bits per heavy atom. The van der Waals surface area contributed by atoms with E-state index < -0.39 is 22.0 Å². The zero-order valence-corrected chi connectivity index (χ0v) is 16.8. The second-order valence-corrected chi connectivity index (χ2v) is 9.22. The minimum Gasteiger partial charge on any atom is -0.327 e. The average molecular weight is 408 g/mol. The monoisotopic (exact) mass is 407 g/mol. The van der Waals surface area contributed by atoms with E-state index in [0.717, 1.165) is 6.42 Å². The molecule has 1 saturated heterocycles. The molecular formula is C18H21N3O4S2. The molecule has 1 unspecified atom stereocenters. The molecule has 1 aliphatic heterocycles. The number of aryl methyl sites for hydroxylation is 1. The van der Waals surface area contributed by atoms with Gasteiger partial charge in [0.15, 0.2) is 10.6 Å². The molecule has 1 atom stereocenters. The average Bonchev–Trinajstić information content (AvgIpc) is 3.06. The predicted octanol–water partition coefficient (Wildman–Crippen LogP) is 1.96. The van der Waals surface area contributed by atoms with Gasteiger partial charge in [-0.05, 0) is 31.9 Å². The molecule has 2 heterocycles. The number of hydrogen-bond donors (Lipinski definition) is 0. The molecule has 144 valence electrons. The summed E-state index contributed by atoms with van der Waals surface area (Å²) in [6, 6.07) is 5.01. The molecule has 27 heavy (non-hydrogen) atoms. The van der Waals surface area contributed by atoms with E-state index in [-0.39, 0.29) is 17.2 Å². The van der Waals surface area contributed by atoms with Gasteiger partial charge in [-0.1, -0.05) is 18.6 Å². The zero-order valence-electron chi connectivity index (χ0n) is 15.2. The Kier molecular flexibility index (Phi) is 5.73. The van der Waals surface area contributed by atoms with Crippen molar-refractivity contribution in [3.8, 4) is 0 Å². The van der Waals surface area contributed by atoms with Gasteiger partial charge in [-0.25, -0.2) is 8.42 Å². The fraction of sp³-hybridized carbons (Fsp3) is 0.389. The van der Waals surface area contributed by atoms with Crippen LogP contribution >= 0.6 is 11.3 Å². The van der Waals surface area contributed by atoms with Crippen LogP contribution in [0.15, 0.2) is 45.7 Å². The number of aromatic nitrogens is 1. The number of carbonyl (C=O) groups excluding carboxylic acids is 2. The lowest BCUT2D eigenvalue weighted by Gasteiger charge is -2.32. The van der Waals surface area contributed by atoms with Crippen LogP contribution in [-0.2, 0) is 21.9 Å². The molecule has 3 rings (SSSR count). The number of thiazole rings is 1. The first-order valence-corrected chi connectivity index (χ1v) is 10.9. The molecule has 0 radical (unpaired) electrons. The van der Waals surface area contributed by atoms with Gasteiger partial charge in [-0.3, -0.25) is 9.59 Å². The Morgan fingerprint density at radius 2 is 1.89 bits per heavy atom. The topological polar surface area (TPSA) is 88.8 Å². The van der Waals surface area contributed by atoms with Crippen LogP contribution in [0.3, 0.4) is 0 Å². The van der Waals surface area contributed by atoms with E-state index in [2.05, 4.69) is 4.99 Å². The van der Waals surface area contributed by atoms with Crippen molar-refractivity contribution in [1.29, 1.82) is 0 Å². The maximum atomic E-state index is 13.1. The molecule has 0 N–H and O–H groups in total. The van der Waals surface area contributed by atoms with Crippen molar-refractivity contribution in [3.63, 3.8) is 0 Å². The molecule has 1 aromatic heterocycles. The fourth-order valence-corrected chi connectivity index (χ4v) is 5.43. The van der Waals surface area contributed by atoms with Crippen LogP contribution in [0.25, 0.3) is 0 Å². The van der Waals surface area contributed by atoms with Gasteiger partial charge in [0.1, 0.15) is 6.04 Å². The van der Waals surface area contributed by atoms with Crippen LogP contribution in [0.2, 0.25) is 0 Å². The van der Waals surface area contributed by atoms with E-state index in [9.17, 15) is 18.0 Å². The molecule has 1 amide bonds. The van der Waals surface area contributed by atoms with Gasteiger partial charge in [0.25, 0.3) is 5.91 Å². The molecule has 0 saturated carbocycles. The van der Waals surface area contributed by atoms with Crippen molar-refractivity contribution in [2.24, 2.45) is 12.0 Å². The van der Waals surface area contributed by atoms with Gasteiger partial charge < -0.3 is 4.57 Å². The Labute approximate surface area is 162 Å². The van der Waals surface area contributed by atoms with E-state index in [1.165, 1.54) is 46.8 Å². The summed E-state index contributed by atoms with van der Waals surface area (Å²) in [6.07, 6.45) is 3.71. The lowest BCUT2D eigenvalue weighted by atomic mass is 10.0. The van der Waals surface area contributed by atoms with Crippen LogP contribution < -0.4 is 4.80 Å². The molecule has 1 fully saturated rings. The van der Waals surface area contributed by atoms with E-state index in [1.807, 2.05) is 5.38 Å². The van der Waals surface area contributed by atoms with Gasteiger partial charge in [0, 0.05) is 30.7 Å². The van der Waals surface area contributed by atoms with Gasteiger partial charge >= 0.3 is 0 Å². The molecule has 0 spiro atoms. The number of rotatable bonds is 4. The lowest BCUT2D eigenvalue weighted by Crippen LogP contribution is -2.47. The second kappa shape index (κ2) is 7.87. The van der Waals surface area contributed by atoms with Gasteiger partial charge in [-0.2, -0.15) is 9.30 Å². The Morgan fingerprint density at radius 3 is 2.48 bits per heavy atom. The van der Waals surface area contributed by atoms with Crippen LogP contribution in [0.4, 0.5) is 0 Å². The van der Waals surface area contributed by atoms with Gasteiger partial charge in [0.05, 0.1) is 4.90 Å². The molecule has 1 aliphatic rings. The fourth-order valence-electron chi connectivity index (χ4n) is 3.04. The van der Waals surface area contributed by atoms with E-state index in [4.69, 9.17) is 0 Å². The number of nitrogens with zero attached hydrogens (tertiary/aromatic N) is 3. The molecular weight excluding hydrogens is 386 g/mol. The highest BCUT2D eigenvalue weighted by molar-refractivity contribution is 7.89. The van der Waals surface area contributed by atoms with Crippen molar-refractivity contribution in [3.05, 3.63) is 46.2 Å². The standard InChI is InChI=1S/C18H21N3O4S2/c1-13(22)14-6-8-15(9-7-14)27(24,25)21-10-4-3-5-16(21)17(23)19-18-20(2)11-12-26-18/h6-9,11-12,16H,3-5,10H2,1-2H3.